The Hall–Kier alpha value is -0.990. The summed E-state index contributed by atoms with van der Waals surface area (Å²) in [5.41, 5.74) is 0.940. The summed E-state index contributed by atoms with van der Waals surface area (Å²) in [6.07, 6.45) is 0.0886. The van der Waals surface area contributed by atoms with E-state index in [-0.39, 0.29) is 5.75 Å². The first kappa shape index (κ1) is 18.4. The van der Waals surface area contributed by atoms with Crippen LogP contribution in [0.25, 0.3) is 0 Å². The van der Waals surface area contributed by atoms with E-state index in [4.69, 9.17) is 5.14 Å². The molecule has 130 valence electrons. The van der Waals surface area contributed by atoms with Crippen LogP contribution in [-0.4, -0.2) is 67.8 Å². The highest BCUT2D eigenvalue weighted by molar-refractivity contribution is 7.89. The highest BCUT2D eigenvalue weighted by Gasteiger charge is 2.25. The molecule has 1 aromatic carbocycles. The first-order chi connectivity index (χ1) is 10.8. The summed E-state index contributed by atoms with van der Waals surface area (Å²) < 4.78 is 21.9. The lowest BCUT2D eigenvalue weighted by atomic mass is 10.1. The number of aliphatic hydroxyl groups excluding tert-OH is 1. The standard InChI is InChI=1S/C16H27N3O3S/c1-14-12-18(8-5-11-23(17,21)22)9-10-19(14)13-16(20)15-6-3-2-4-7-15/h2-4,6-7,14,16,20H,5,8-13H2,1H3,(H2,17,21,22)/t14-,16-/m0/s1. The van der Waals surface area contributed by atoms with Gasteiger partial charge in [0.2, 0.25) is 10.0 Å². The van der Waals surface area contributed by atoms with Gasteiger partial charge in [0.25, 0.3) is 0 Å². The predicted molar refractivity (Wildman–Crippen MR) is 91.5 cm³/mol. The van der Waals surface area contributed by atoms with Gasteiger partial charge in [-0.25, -0.2) is 13.6 Å². The second-order valence-electron chi connectivity index (χ2n) is 6.29. The topological polar surface area (TPSA) is 86.9 Å². The number of rotatable bonds is 7. The molecule has 0 aromatic heterocycles. The average molecular weight is 341 g/mol. The highest BCUT2D eigenvalue weighted by Crippen LogP contribution is 2.17. The maximum absolute atomic E-state index is 11.0. The minimum absolute atomic E-state index is 0.0360. The van der Waals surface area contributed by atoms with Gasteiger partial charge in [0.05, 0.1) is 11.9 Å². The monoisotopic (exact) mass is 341 g/mol. The lowest BCUT2D eigenvalue weighted by molar-refractivity contribution is 0.0390. The van der Waals surface area contributed by atoms with Gasteiger partial charge in [0.1, 0.15) is 0 Å². The zero-order valence-corrected chi connectivity index (χ0v) is 14.5. The van der Waals surface area contributed by atoms with Crippen molar-refractivity contribution < 1.29 is 13.5 Å². The summed E-state index contributed by atoms with van der Waals surface area (Å²) in [5.74, 6) is 0.0360. The van der Waals surface area contributed by atoms with Crippen molar-refractivity contribution in [3.05, 3.63) is 35.9 Å². The van der Waals surface area contributed by atoms with Crippen molar-refractivity contribution in [2.75, 3.05) is 38.5 Å². The zero-order valence-electron chi connectivity index (χ0n) is 13.6. The molecule has 2 atom stereocenters. The molecule has 0 saturated carbocycles. The smallest absolute Gasteiger partial charge is 0.209 e. The van der Waals surface area contributed by atoms with Crippen molar-refractivity contribution in [1.29, 1.82) is 0 Å². The summed E-state index contributed by atoms with van der Waals surface area (Å²) in [6.45, 7) is 6.15. The van der Waals surface area contributed by atoms with E-state index in [0.717, 1.165) is 31.7 Å². The van der Waals surface area contributed by atoms with Crippen LogP contribution in [0.1, 0.15) is 25.0 Å². The van der Waals surface area contributed by atoms with Crippen molar-refractivity contribution in [2.24, 2.45) is 5.14 Å². The number of hydrogen-bond acceptors (Lipinski definition) is 5. The molecule has 1 heterocycles. The molecular formula is C16H27N3O3S. The van der Waals surface area contributed by atoms with Gasteiger partial charge in [-0.15, -0.1) is 0 Å². The zero-order chi connectivity index (χ0) is 16.9. The van der Waals surface area contributed by atoms with E-state index < -0.39 is 16.1 Å². The summed E-state index contributed by atoms with van der Waals surface area (Å²) in [5, 5.41) is 15.4. The van der Waals surface area contributed by atoms with E-state index in [9.17, 15) is 13.5 Å². The fraction of sp³-hybridized carbons (Fsp3) is 0.625. The molecule has 1 aliphatic rings. The molecule has 1 aliphatic heterocycles. The minimum atomic E-state index is -3.37. The van der Waals surface area contributed by atoms with Gasteiger partial charge in [-0.1, -0.05) is 30.3 Å². The van der Waals surface area contributed by atoms with Crippen LogP contribution in [0, 0.1) is 0 Å². The van der Waals surface area contributed by atoms with Gasteiger partial charge in [0, 0.05) is 32.2 Å². The number of piperazine rings is 1. The highest BCUT2D eigenvalue weighted by atomic mass is 32.2. The number of nitrogens with zero attached hydrogens (tertiary/aromatic N) is 2. The molecule has 23 heavy (non-hydrogen) atoms. The van der Waals surface area contributed by atoms with Crippen LogP contribution in [-0.2, 0) is 10.0 Å². The Morgan fingerprint density at radius 2 is 2.00 bits per heavy atom. The van der Waals surface area contributed by atoms with Crippen molar-refractivity contribution in [3.8, 4) is 0 Å². The van der Waals surface area contributed by atoms with Crippen LogP contribution in [0.3, 0.4) is 0 Å². The molecule has 2 rings (SSSR count). The first-order valence-electron chi connectivity index (χ1n) is 8.05. The largest absolute Gasteiger partial charge is 0.387 e. The maximum atomic E-state index is 11.0. The predicted octanol–water partition coefficient (Wildman–Crippen LogP) is 0.405. The maximum Gasteiger partial charge on any atom is 0.209 e. The van der Waals surface area contributed by atoms with Gasteiger partial charge in [-0.05, 0) is 25.5 Å². The Morgan fingerprint density at radius 1 is 1.30 bits per heavy atom. The Labute approximate surface area is 138 Å². The Bertz CT molecular complexity index is 579. The number of nitrogens with two attached hydrogens (primary N) is 1. The molecule has 0 amide bonds. The Balaban J connectivity index is 1.78. The average Bonchev–Trinajstić information content (AvgIpc) is 2.49. The fourth-order valence-corrected chi connectivity index (χ4v) is 3.57. The van der Waals surface area contributed by atoms with Crippen LogP contribution in [0.4, 0.5) is 0 Å². The molecule has 3 N–H and O–H groups in total. The number of aliphatic hydroxyl groups is 1. The van der Waals surface area contributed by atoms with Crippen molar-refractivity contribution >= 4 is 10.0 Å². The summed E-state index contributed by atoms with van der Waals surface area (Å²) >= 11 is 0. The van der Waals surface area contributed by atoms with E-state index in [1.807, 2.05) is 30.3 Å². The molecule has 0 bridgehead atoms. The number of β-amino-alcohol motifs (C(OH)–C–C–N with tert-alkyl or cyclic N) is 1. The fourth-order valence-electron chi connectivity index (χ4n) is 3.04. The number of primary sulfonamides is 1. The normalized spacial score (nSPS) is 22.1. The number of hydrogen-bond donors (Lipinski definition) is 2. The molecule has 0 radical (unpaired) electrons. The van der Waals surface area contributed by atoms with Crippen LogP contribution in [0.2, 0.25) is 0 Å². The lowest BCUT2D eigenvalue weighted by Gasteiger charge is -2.40. The van der Waals surface area contributed by atoms with Crippen LogP contribution in [0.15, 0.2) is 30.3 Å². The molecule has 0 aliphatic carbocycles. The van der Waals surface area contributed by atoms with E-state index in [1.54, 1.807) is 0 Å². The quantitative estimate of drug-likeness (QED) is 0.750. The van der Waals surface area contributed by atoms with E-state index >= 15 is 0 Å². The Kier molecular flexibility index (Phi) is 6.55. The molecule has 1 aromatic rings. The molecule has 7 heteroatoms. The van der Waals surface area contributed by atoms with E-state index in [0.29, 0.717) is 19.0 Å². The Morgan fingerprint density at radius 3 is 2.61 bits per heavy atom. The third kappa shape index (κ3) is 6.19. The van der Waals surface area contributed by atoms with Crippen molar-refractivity contribution in [3.63, 3.8) is 0 Å². The van der Waals surface area contributed by atoms with Gasteiger partial charge in [0.15, 0.2) is 0 Å². The molecule has 0 unspecified atom stereocenters. The molecular weight excluding hydrogens is 314 g/mol. The van der Waals surface area contributed by atoms with Crippen LogP contribution in [0.5, 0.6) is 0 Å². The third-order valence-corrected chi connectivity index (χ3v) is 5.20. The van der Waals surface area contributed by atoms with Gasteiger partial charge in [-0.3, -0.25) is 4.90 Å². The van der Waals surface area contributed by atoms with Crippen LogP contribution < -0.4 is 5.14 Å². The second kappa shape index (κ2) is 8.21. The van der Waals surface area contributed by atoms with Gasteiger partial charge < -0.3 is 10.0 Å². The van der Waals surface area contributed by atoms with E-state index in [1.165, 1.54) is 0 Å². The van der Waals surface area contributed by atoms with Crippen molar-refractivity contribution in [2.45, 2.75) is 25.5 Å². The second-order valence-corrected chi connectivity index (χ2v) is 8.03. The van der Waals surface area contributed by atoms with Gasteiger partial charge in [-0.2, -0.15) is 0 Å². The van der Waals surface area contributed by atoms with E-state index in [2.05, 4.69) is 16.7 Å². The van der Waals surface area contributed by atoms with Gasteiger partial charge >= 0.3 is 0 Å². The molecule has 1 saturated heterocycles. The van der Waals surface area contributed by atoms with Crippen molar-refractivity contribution in [1.82, 2.24) is 9.80 Å². The first-order valence-corrected chi connectivity index (χ1v) is 9.76. The summed E-state index contributed by atoms with van der Waals surface area (Å²) in [7, 11) is -3.37. The minimum Gasteiger partial charge on any atom is -0.387 e. The van der Waals surface area contributed by atoms with Crippen LogP contribution >= 0.6 is 0 Å². The lowest BCUT2D eigenvalue weighted by Crippen LogP contribution is -2.53. The molecule has 1 fully saturated rings. The summed E-state index contributed by atoms with van der Waals surface area (Å²) in [6, 6.07) is 10.0. The molecule has 0 spiro atoms. The summed E-state index contributed by atoms with van der Waals surface area (Å²) in [4.78, 5) is 4.55. The SMILES string of the molecule is C[C@H]1CN(CCCS(N)(=O)=O)CCN1C[C@H](O)c1ccccc1. The number of benzene rings is 1. The third-order valence-electron chi connectivity index (χ3n) is 4.34. The number of sulfonamides is 1. The molecule has 6 nitrogen and oxygen atoms in total.